The molecule has 1 saturated carbocycles. The molecule has 0 atom stereocenters. The minimum absolute atomic E-state index is 0.254. The number of nitrogens with zero attached hydrogens (tertiary/aromatic N) is 2. The number of aromatic nitrogens is 1. The maximum Gasteiger partial charge on any atom is 0.255 e. The lowest BCUT2D eigenvalue weighted by atomic mass is 9.95. The van der Waals surface area contributed by atoms with Crippen LogP contribution in [0.4, 0.5) is 0 Å². The minimum Gasteiger partial charge on any atom is -0.345 e. The third-order valence-electron chi connectivity index (χ3n) is 5.30. The lowest BCUT2D eigenvalue weighted by Crippen LogP contribution is -2.35. The van der Waals surface area contributed by atoms with E-state index in [4.69, 9.17) is 0 Å². The number of hydrogen-bond donors (Lipinski definition) is 0. The van der Waals surface area contributed by atoms with Crippen LogP contribution in [0.25, 0.3) is 0 Å². The first kappa shape index (κ1) is 14.7. The summed E-state index contributed by atoms with van der Waals surface area (Å²) in [6.07, 6.45) is 10.2. The quantitative estimate of drug-likeness (QED) is 0.799. The fourth-order valence-electron chi connectivity index (χ4n) is 4.16. The summed E-state index contributed by atoms with van der Waals surface area (Å²) in [6, 6.07) is 2.74. The van der Waals surface area contributed by atoms with Crippen LogP contribution in [0, 0.1) is 13.8 Å². The largest absolute Gasteiger partial charge is 0.345 e. The number of carbonyl (C=O) groups is 1. The number of aryl methyl sites for hydroxylation is 1. The van der Waals surface area contributed by atoms with Crippen molar-refractivity contribution in [2.75, 3.05) is 13.1 Å². The SMILES string of the molecule is Cc1cc(C(=O)N2CCCCC2)c(C)n1C1CCCCC1. The highest BCUT2D eigenvalue weighted by Crippen LogP contribution is 2.32. The van der Waals surface area contributed by atoms with Gasteiger partial charge in [0.2, 0.25) is 0 Å². The summed E-state index contributed by atoms with van der Waals surface area (Å²) in [6.45, 7) is 6.17. The van der Waals surface area contributed by atoms with Crippen LogP contribution in [0.15, 0.2) is 6.07 Å². The van der Waals surface area contributed by atoms with E-state index in [0.29, 0.717) is 6.04 Å². The first-order chi connectivity index (χ1) is 10.2. The summed E-state index contributed by atoms with van der Waals surface area (Å²) < 4.78 is 2.44. The average Bonchev–Trinajstić information content (AvgIpc) is 2.83. The molecule has 3 rings (SSSR count). The fourth-order valence-corrected chi connectivity index (χ4v) is 4.16. The first-order valence-electron chi connectivity index (χ1n) is 8.66. The van der Waals surface area contributed by atoms with Crippen LogP contribution in [0.2, 0.25) is 0 Å². The Hall–Kier alpha value is -1.25. The zero-order valence-electron chi connectivity index (χ0n) is 13.5. The van der Waals surface area contributed by atoms with E-state index in [1.807, 2.05) is 0 Å². The molecule has 2 aliphatic rings. The molecule has 0 bridgehead atoms. The van der Waals surface area contributed by atoms with Crippen molar-refractivity contribution >= 4 is 5.91 Å². The Morgan fingerprint density at radius 2 is 1.62 bits per heavy atom. The molecule has 116 valence electrons. The molecule has 1 aliphatic heterocycles. The second-order valence-corrected chi connectivity index (χ2v) is 6.80. The summed E-state index contributed by atoms with van der Waals surface area (Å²) in [5.74, 6) is 0.254. The maximum absolute atomic E-state index is 12.8. The molecule has 1 aromatic heterocycles. The van der Waals surface area contributed by atoms with Crippen LogP contribution >= 0.6 is 0 Å². The number of rotatable bonds is 2. The van der Waals surface area contributed by atoms with Gasteiger partial charge in [0, 0.05) is 30.5 Å². The second kappa shape index (κ2) is 6.25. The van der Waals surface area contributed by atoms with Crippen molar-refractivity contribution in [1.29, 1.82) is 0 Å². The van der Waals surface area contributed by atoms with E-state index in [9.17, 15) is 4.79 Å². The standard InChI is InChI=1S/C18H28N2O/c1-14-13-17(18(21)19-11-7-4-8-12-19)15(2)20(14)16-9-5-3-6-10-16/h13,16H,3-12H2,1-2H3. The Morgan fingerprint density at radius 1 is 1.00 bits per heavy atom. The van der Waals surface area contributed by atoms with Crippen molar-refractivity contribution < 1.29 is 4.79 Å². The van der Waals surface area contributed by atoms with Crippen LogP contribution in [-0.4, -0.2) is 28.5 Å². The Bertz CT molecular complexity index is 506. The van der Waals surface area contributed by atoms with Crippen LogP contribution in [0.5, 0.6) is 0 Å². The molecule has 0 aromatic carbocycles. The predicted octanol–water partition coefficient (Wildman–Crippen LogP) is 4.24. The molecule has 1 amide bonds. The molecule has 21 heavy (non-hydrogen) atoms. The van der Waals surface area contributed by atoms with E-state index >= 15 is 0 Å². The number of likely N-dealkylation sites (tertiary alicyclic amines) is 1. The highest BCUT2D eigenvalue weighted by molar-refractivity contribution is 5.95. The molecular formula is C18H28N2O. The highest BCUT2D eigenvalue weighted by atomic mass is 16.2. The van der Waals surface area contributed by atoms with Crippen molar-refractivity contribution in [2.24, 2.45) is 0 Å². The van der Waals surface area contributed by atoms with E-state index in [1.165, 1.54) is 49.9 Å². The maximum atomic E-state index is 12.8. The number of piperidine rings is 1. The molecule has 0 N–H and O–H groups in total. The minimum atomic E-state index is 0.254. The summed E-state index contributed by atoms with van der Waals surface area (Å²) in [7, 11) is 0. The van der Waals surface area contributed by atoms with Gasteiger partial charge in [-0.05, 0) is 52.0 Å². The Kier molecular flexibility index (Phi) is 4.37. The smallest absolute Gasteiger partial charge is 0.255 e. The first-order valence-corrected chi connectivity index (χ1v) is 8.66. The lowest BCUT2D eigenvalue weighted by molar-refractivity contribution is 0.0723. The van der Waals surface area contributed by atoms with Crippen molar-refractivity contribution in [1.82, 2.24) is 9.47 Å². The van der Waals surface area contributed by atoms with Crippen LogP contribution < -0.4 is 0 Å². The van der Waals surface area contributed by atoms with Crippen LogP contribution in [-0.2, 0) is 0 Å². The monoisotopic (exact) mass is 288 g/mol. The van der Waals surface area contributed by atoms with Gasteiger partial charge in [-0.2, -0.15) is 0 Å². The topological polar surface area (TPSA) is 25.2 Å². The third-order valence-corrected chi connectivity index (χ3v) is 5.30. The second-order valence-electron chi connectivity index (χ2n) is 6.80. The zero-order chi connectivity index (χ0) is 14.8. The normalized spacial score (nSPS) is 20.8. The predicted molar refractivity (Wildman–Crippen MR) is 85.8 cm³/mol. The molecule has 0 radical (unpaired) electrons. The van der Waals surface area contributed by atoms with Crippen molar-refractivity contribution in [3.63, 3.8) is 0 Å². The summed E-state index contributed by atoms with van der Waals surface area (Å²) >= 11 is 0. The van der Waals surface area contributed by atoms with E-state index in [1.54, 1.807) is 0 Å². The summed E-state index contributed by atoms with van der Waals surface area (Å²) in [5, 5.41) is 0. The van der Waals surface area contributed by atoms with Gasteiger partial charge in [-0.1, -0.05) is 19.3 Å². The summed E-state index contributed by atoms with van der Waals surface area (Å²) in [5.41, 5.74) is 3.40. The van der Waals surface area contributed by atoms with Gasteiger partial charge >= 0.3 is 0 Å². The van der Waals surface area contributed by atoms with Crippen molar-refractivity contribution in [3.8, 4) is 0 Å². The van der Waals surface area contributed by atoms with Gasteiger partial charge in [0.15, 0.2) is 0 Å². The Morgan fingerprint density at radius 3 is 2.29 bits per heavy atom. The van der Waals surface area contributed by atoms with Crippen molar-refractivity contribution in [3.05, 3.63) is 23.0 Å². The Balaban J connectivity index is 1.84. The lowest BCUT2D eigenvalue weighted by Gasteiger charge is -2.28. The molecule has 1 aliphatic carbocycles. The highest BCUT2D eigenvalue weighted by Gasteiger charge is 2.25. The van der Waals surface area contributed by atoms with Gasteiger partial charge in [0.25, 0.3) is 5.91 Å². The van der Waals surface area contributed by atoms with Crippen LogP contribution in [0.1, 0.15) is 79.2 Å². The summed E-state index contributed by atoms with van der Waals surface area (Å²) in [4.78, 5) is 14.8. The van der Waals surface area contributed by atoms with Gasteiger partial charge in [-0.15, -0.1) is 0 Å². The Labute approximate surface area is 128 Å². The average molecular weight is 288 g/mol. The van der Waals surface area contributed by atoms with Crippen LogP contribution in [0.3, 0.4) is 0 Å². The third kappa shape index (κ3) is 2.88. The zero-order valence-corrected chi connectivity index (χ0v) is 13.5. The molecule has 1 aromatic rings. The van der Waals surface area contributed by atoms with E-state index in [-0.39, 0.29) is 5.91 Å². The van der Waals surface area contributed by atoms with Gasteiger partial charge in [0.05, 0.1) is 5.56 Å². The van der Waals surface area contributed by atoms with Gasteiger partial charge in [-0.3, -0.25) is 4.79 Å². The van der Waals surface area contributed by atoms with Gasteiger partial charge < -0.3 is 9.47 Å². The number of amides is 1. The molecule has 3 nitrogen and oxygen atoms in total. The van der Waals surface area contributed by atoms with Gasteiger partial charge in [-0.25, -0.2) is 0 Å². The fraction of sp³-hybridized carbons (Fsp3) is 0.722. The molecule has 2 fully saturated rings. The molecular weight excluding hydrogens is 260 g/mol. The molecule has 2 heterocycles. The van der Waals surface area contributed by atoms with Gasteiger partial charge in [0.1, 0.15) is 0 Å². The molecule has 0 spiro atoms. The van der Waals surface area contributed by atoms with E-state index in [0.717, 1.165) is 31.5 Å². The van der Waals surface area contributed by atoms with Crippen molar-refractivity contribution in [2.45, 2.75) is 71.3 Å². The molecule has 1 saturated heterocycles. The number of hydrogen-bond acceptors (Lipinski definition) is 1. The number of carbonyl (C=O) groups excluding carboxylic acids is 1. The van der Waals surface area contributed by atoms with E-state index in [2.05, 4.69) is 29.4 Å². The van der Waals surface area contributed by atoms with E-state index < -0.39 is 0 Å². The molecule has 3 heteroatoms. The molecule has 0 unspecified atom stereocenters.